The molecule has 0 aliphatic carbocycles. The number of aromatic amines is 1. The summed E-state index contributed by atoms with van der Waals surface area (Å²) in [6.45, 7) is 4.13. The predicted octanol–water partition coefficient (Wildman–Crippen LogP) is 3.67. The first kappa shape index (κ1) is 21.4. The summed E-state index contributed by atoms with van der Waals surface area (Å²) in [6, 6.07) is 12.7. The molecule has 1 aromatic heterocycles. The minimum Gasteiger partial charge on any atom is -0.493 e. The maximum atomic E-state index is 13.7. The number of fused-ring (bicyclic) bond motifs is 4. The highest BCUT2D eigenvalue weighted by molar-refractivity contribution is 5.98. The highest BCUT2D eigenvalue weighted by Crippen LogP contribution is 2.47. The molecule has 2 aromatic carbocycles. The third-order valence-corrected chi connectivity index (χ3v) is 7.14. The molecule has 0 radical (unpaired) electrons. The Labute approximate surface area is 193 Å². The van der Waals surface area contributed by atoms with Crippen molar-refractivity contribution >= 4 is 22.7 Å². The number of amides is 2. The molecule has 1 N–H and O–H groups in total. The first-order chi connectivity index (χ1) is 16.0. The predicted molar refractivity (Wildman–Crippen MR) is 125 cm³/mol. The van der Waals surface area contributed by atoms with Gasteiger partial charge in [-0.1, -0.05) is 37.3 Å². The zero-order chi connectivity index (χ0) is 23.3. The Balaban J connectivity index is 1.75. The topological polar surface area (TPSA) is 74.9 Å². The van der Waals surface area contributed by atoms with Crippen LogP contribution in [0.15, 0.2) is 42.5 Å². The number of aromatic nitrogens is 1. The van der Waals surface area contributed by atoms with Crippen LogP contribution in [0.25, 0.3) is 10.9 Å². The van der Waals surface area contributed by atoms with E-state index in [2.05, 4.69) is 11.1 Å². The summed E-state index contributed by atoms with van der Waals surface area (Å²) in [7, 11) is 3.20. The summed E-state index contributed by atoms with van der Waals surface area (Å²) in [5.74, 6) is 1.11. The van der Waals surface area contributed by atoms with E-state index in [0.29, 0.717) is 17.9 Å². The normalized spacial score (nSPS) is 21.1. The van der Waals surface area contributed by atoms with Gasteiger partial charge in [0.15, 0.2) is 11.5 Å². The number of carbonyl (C=O) groups excluding carboxylic acids is 2. The molecule has 3 aromatic rings. The van der Waals surface area contributed by atoms with Gasteiger partial charge in [-0.25, -0.2) is 0 Å². The van der Waals surface area contributed by atoms with Crippen LogP contribution in [-0.4, -0.2) is 59.4 Å². The maximum Gasteiger partial charge on any atom is 0.246 e. The number of rotatable bonds is 5. The Morgan fingerprint density at radius 3 is 2.61 bits per heavy atom. The molecular weight excluding hydrogens is 418 g/mol. The van der Waals surface area contributed by atoms with Crippen molar-refractivity contribution in [2.24, 2.45) is 0 Å². The zero-order valence-corrected chi connectivity index (χ0v) is 19.4. The highest BCUT2D eigenvalue weighted by atomic mass is 16.5. The quantitative estimate of drug-likeness (QED) is 0.648. The fourth-order valence-corrected chi connectivity index (χ4v) is 5.33. The second kappa shape index (κ2) is 8.14. The number of H-pyrrole nitrogens is 1. The fraction of sp³-hybridized carbons (Fsp3) is 0.385. The molecule has 1 saturated heterocycles. The second-order valence-corrected chi connectivity index (χ2v) is 8.79. The van der Waals surface area contributed by atoms with Gasteiger partial charge in [-0.15, -0.1) is 0 Å². The average molecular weight is 448 g/mol. The van der Waals surface area contributed by atoms with Gasteiger partial charge in [-0.2, -0.15) is 0 Å². The lowest BCUT2D eigenvalue weighted by Gasteiger charge is -2.48. The largest absolute Gasteiger partial charge is 0.493 e. The smallest absolute Gasteiger partial charge is 0.246 e. The first-order valence-corrected chi connectivity index (χ1v) is 11.4. The van der Waals surface area contributed by atoms with Crippen molar-refractivity contribution in [2.75, 3.05) is 20.8 Å². The number of nitrogens with one attached hydrogen (secondary N) is 1. The van der Waals surface area contributed by atoms with Gasteiger partial charge in [-0.3, -0.25) is 9.59 Å². The van der Waals surface area contributed by atoms with E-state index >= 15 is 0 Å². The monoisotopic (exact) mass is 447 g/mol. The summed E-state index contributed by atoms with van der Waals surface area (Å²) in [4.78, 5) is 34.4. The van der Waals surface area contributed by atoms with Gasteiger partial charge in [-0.05, 0) is 31.0 Å². The molecule has 2 aliphatic rings. The SMILES string of the molecule is CCC(C)N1CC(=O)N2C(c3cccc(OC)c3OC)c3[nH]c4ccccc4c3C[C@H]2C1=O. The van der Waals surface area contributed by atoms with Crippen LogP contribution in [0.4, 0.5) is 0 Å². The number of hydrogen-bond acceptors (Lipinski definition) is 4. The summed E-state index contributed by atoms with van der Waals surface area (Å²) < 4.78 is 11.3. The molecule has 5 rings (SSSR count). The Bertz CT molecular complexity index is 1230. The van der Waals surface area contributed by atoms with Gasteiger partial charge in [0.05, 0.1) is 14.2 Å². The van der Waals surface area contributed by atoms with Crippen LogP contribution in [0.5, 0.6) is 11.5 Å². The molecule has 2 unspecified atom stereocenters. The van der Waals surface area contributed by atoms with E-state index in [1.54, 1.807) is 24.0 Å². The van der Waals surface area contributed by atoms with E-state index in [0.717, 1.165) is 34.1 Å². The summed E-state index contributed by atoms with van der Waals surface area (Å²) in [5, 5.41) is 1.08. The molecule has 2 amide bonds. The number of nitrogens with zero attached hydrogens (tertiary/aromatic N) is 2. The van der Waals surface area contributed by atoms with Gasteiger partial charge >= 0.3 is 0 Å². The van der Waals surface area contributed by atoms with E-state index in [-0.39, 0.29) is 24.4 Å². The van der Waals surface area contributed by atoms with Gasteiger partial charge in [0.1, 0.15) is 18.6 Å². The Kier molecular flexibility index (Phi) is 5.27. The molecule has 0 bridgehead atoms. The number of carbonyl (C=O) groups is 2. The zero-order valence-electron chi connectivity index (χ0n) is 19.4. The van der Waals surface area contributed by atoms with Crippen molar-refractivity contribution in [3.63, 3.8) is 0 Å². The first-order valence-electron chi connectivity index (χ1n) is 11.4. The highest BCUT2D eigenvalue weighted by Gasteiger charge is 2.49. The molecule has 33 heavy (non-hydrogen) atoms. The van der Waals surface area contributed by atoms with Crippen molar-refractivity contribution in [1.29, 1.82) is 0 Å². The van der Waals surface area contributed by atoms with Crippen LogP contribution < -0.4 is 9.47 Å². The minimum atomic E-state index is -0.562. The molecule has 1 fully saturated rings. The van der Waals surface area contributed by atoms with Gasteiger partial charge < -0.3 is 24.3 Å². The third kappa shape index (κ3) is 3.17. The summed E-state index contributed by atoms with van der Waals surface area (Å²) in [6.07, 6.45) is 1.29. The summed E-state index contributed by atoms with van der Waals surface area (Å²) >= 11 is 0. The molecule has 7 heteroatoms. The molecule has 2 aliphatic heterocycles. The van der Waals surface area contributed by atoms with Gasteiger partial charge in [0.2, 0.25) is 11.8 Å². The lowest BCUT2D eigenvalue weighted by Crippen LogP contribution is -2.64. The van der Waals surface area contributed by atoms with E-state index < -0.39 is 12.1 Å². The van der Waals surface area contributed by atoms with Crippen molar-refractivity contribution in [1.82, 2.24) is 14.8 Å². The molecule has 7 nitrogen and oxygen atoms in total. The van der Waals surface area contributed by atoms with Crippen LogP contribution in [0.1, 0.15) is 43.1 Å². The van der Waals surface area contributed by atoms with Crippen molar-refractivity contribution in [3.8, 4) is 11.5 Å². The molecular formula is C26H29N3O4. The standard InChI is InChI=1S/C26H29N3O4/c1-5-15(2)28-14-22(30)29-20(26(28)31)13-18-16-9-6-7-11-19(16)27-23(18)24(29)17-10-8-12-21(32-3)25(17)33-4/h6-12,15,20,24,27H,5,13-14H2,1-4H3/t15?,20-,24?/m0/s1. The van der Waals surface area contributed by atoms with Crippen LogP contribution in [0, 0.1) is 0 Å². The van der Waals surface area contributed by atoms with Crippen LogP contribution >= 0.6 is 0 Å². The second-order valence-electron chi connectivity index (χ2n) is 8.79. The van der Waals surface area contributed by atoms with Gasteiger partial charge in [0, 0.05) is 34.6 Å². The molecule has 172 valence electrons. The Morgan fingerprint density at radius 2 is 1.88 bits per heavy atom. The minimum absolute atomic E-state index is 0.00624. The Morgan fingerprint density at radius 1 is 1.09 bits per heavy atom. The number of benzene rings is 2. The van der Waals surface area contributed by atoms with Gasteiger partial charge in [0.25, 0.3) is 0 Å². The van der Waals surface area contributed by atoms with E-state index in [4.69, 9.17) is 9.47 Å². The number of para-hydroxylation sites is 2. The molecule has 3 heterocycles. The van der Waals surface area contributed by atoms with E-state index in [1.165, 1.54) is 0 Å². The lowest BCUT2D eigenvalue weighted by molar-refractivity contribution is -0.160. The Hall–Kier alpha value is -3.48. The summed E-state index contributed by atoms with van der Waals surface area (Å²) in [5.41, 5.74) is 3.80. The van der Waals surface area contributed by atoms with Crippen molar-refractivity contribution in [3.05, 3.63) is 59.3 Å². The number of methoxy groups -OCH3 is 2. The lowest BCUT2D eigenvalue weighted by atomic mass is 9.85. The third-order valence-electron chi connectivity index (χ3n) is 7.14. The van der Waals surface area contributed by atoms with Crippen molar-refractivity contribution < 1.29 is 19.1 Å². The van der Waals surface area contributed by atoms with Crippen LogP contribution in [0.2, 0.25) is 0 Å². The maximum absolute atomic E-state index is 13.7. The van der Waals surface area contributed by atoms with Crippen molar-refractivity contribution in [2.45, 2.75) is 44.8 Å². The average Bonchev–Trinajstić information content (AvgIpc) is 3.22. The van der Waals surface area contributed by atoms with E-state index in [1.807, 2.05) is 50.2 Å². The fourth-order valence-electron chi connectivity index (χ4n) is 5.33. The van der Waals surface area contributed by atoms with E-state index in [9.17, 15) is 9.59 Å². The number of piperazine rings is 1. The molecule has 0 spiro atoms. The molecule has 3 atom stereocenters. The number of hydrogen-bond donors (Lipinski definition) is 1. The molecule has 0 saturated carbocycles. The van der Waals surface area contributed by atoms with Crippen LogP contribution in [0.3, 0.4) is 0 Å². The number of ether oxygens (including phenoxy) is 2. The van der Waals surface area contributed by atoms with Crippen LogP contribution in [-0.2, 0) is 16.0 Å².